The monoisotopic (exact) mass is 1040 g/mol. The lowest BCUT2D eigenvalue weighted by atomic mass is 10.0. The molecule has 1 unspecified atom stereocenters. The quantitative estimate of drug-likeness (QED) is 0.0261. The van der Waals surface area contributed by atoms with Crippen molar-refractivity contribution in [3.05, 3.63) is 36.5 Å². The van der Waals surface area contributed by atoms with Crippen LogP contribution in [0.1, 0.15) is 361 Å². The Labute approximate surface area is 461 Å². The molecule has 0 fully saturated rings. The second kappa shape index (κ2) is 63.2. The van der Waals surface area contributed by atoms with Crippen LogP contribution in [0, 0.1) is 0 Å². The summed E-state index contributed by atoms with van der Waals surface area (Å²) in [5.41, 5.74) is 0. The maximum Gasteiger partial charge on any atom is 0.306 e. The number of hydrogen-bond donors (Lipinski definition) is 0. The van der Waals surface area contributed by atoms with Crippen molar-refractivity contribution in [1.29, 1.82) is 0 Å². The normalized spacial score (nSPS) is 12.2. The number of ether oxygens (including phenoxy) is 3. The minimum Gasteiger partial charge on any atom is -0.462 e. The van der Waals surface area contributed by atoms with Crippen molar-refractivity contribution in [3.8, 4) is 0 Å². The smallest absolute Gasteiger partial charge is 0.306 e. The maximum atomic E-state index is 12.9. The summed E-state index contributed by atoms with van der Waals surface area (Å²) in [4.78, 5) is 38.3. The fourth-order valence-electron chi connectivity index (χ4n) is 9.88. The third kappa shape index (κ3) is 60.5. The van der Waals surface area contributed by atoms with E-state index >= 15 is 0 Å². The van der Waals surface area contributed by atoms with Crippen LogP contribution in [0.5, 0.6) is 0 Å². The van der Waals surface area contributed by atoms with Gasteiger partial charge in [-0.15, -0.1) is 0 Å². The second-order valence-corrected chi connectivity index (χ2v) is 22.4. The lowest BCUT2D eigenvalue weighted by Crippen LogP contribution is -2.30. The van der Waals surface area contributed by atoms with Crippen molar-refractivity contribution >= 4 is 17.9 Å². The van der Waals surface area contributed by atoms with Crippen molar-refractivity contribution < 1.29 is 28.6 Å². The first kappa shape index (κ1) is 71.6. The summed E-state index contributed by atoms with van der Waals surface area (Å²) in [6, 6.07) is 0. The molecular formula is C68H126O6. The zero-order valence-corrected chi connectivity index (χ0v) is 49.9. The lowest BCUT2D eigenvalue weighted by Gasteiger charge is -2.18. The molecule has 0 amide bonds. The Bertz CT molecular complexity index is 1240. The third-order valence-corrected chi connectivity index (χ3v) is 14.9. The molecule has 0 heterocycles. The number of unbranched alkanes of at least 4 members (excludes halogenated alkanes) is 44. The van der Waals surface area contributed by atoms with Crippen molar-refractivity contribution in [2.45, 2.75) is 367 Å². The van der Waals surface area contributed by atoms with E-state index in [1.165, 1.54) is 250 Å². The molecular weight excluding hydrogens is 913 g/mol. The molecule has 0 aromatic heterocycles. The van der Waals surface area contributed by atoms with E-state index in [1.807, 2.05) is 0 Å². The van der Waals surface area contributed by atoms with Crippen LogP contribution < -0.4 is 0 Å². The molecule has 0 aromatic carbocycles. The molecule has 6 heteroatoms. The van der Waals surface area contributed by atoms with Crippen molar-refractivity contribution in [2.75, 3.05) is 13.2 Å². The van der Waals surface area contributed by atoms with Crippen LogP contribution in [0.4, 0.5) is 0 Å². The SMILES string of the molecule is CCCCC/C=C\CCCCCCCC(=O)OCC(COC(=O)CCCCCCCCCCCCCCCCC/C=C\C/C=C\CCCCCCC)OC(=O)CCCCCCCCCCCCCCCCCCC. The van der Waals surface area contributed by atoms with Crippen LogP contribution in [-0.2, 0) is 28.6 Å². The highest BCUT2D eigenvalue weighted by Crippen LogP contribution is 2.18. The average molecular weight is 1040 g/mol. The van der Waals surface area contributed by atoms with Gasteiger partial charge in [0.1, 0.15) is 13.2 Å². The van der Waals surface area contributed by atoms with Crippen molar-refractivity contribution in [2.24, 2.45) is 0 Å². The first-order valence-electron chi connectivity index (χ1n) is 33.0. The Kier molecular flexibility index (Phi) is 61.1. The van der Waals surface area contributed by atoms with Gasteiger partial charge in [-0.25, -0.2) is 0 Å². The lowest BCUT2D eigenvalue weighted by molar-refractivity contribution is -0.167. The fraction of sp³-hybridized carbons (Fsp3) is 0.868. The van der Waals surface area contributed by atoms with Gasteiger partial charge in [-0.05, 0) is 77.0 Å². The highest BCUT2D eigenvalue weighted by Gasteiger charge is 2.19. The van der Waals surface area contributed by atoms with Gasteiger partial charge in [0.25, 0.3) is 0 Å². The number of esters is 3. The van der Waals surface area contributed by atoms with Crippen LogP contribution in [0.2, 0.25) is 0 Å². The molecule has 0 aliphatic heterocycles. The van der Waals surface area contributed by atoms with Crippen LogP contribution in [0.15, 0.2) is 36.5 Å². The molecule has 0 spiro atoms. The van der Waals surface area contributed by atoms with Gasteiger partial charge in [0, 0.05) is 19.3 Å². The maximum absolute atomic E-state index is 12.9. The van der Waals surface area contributed by atoms with Gasteiger partial charge >= 0.3 is 17.9 Å². The predicted octanol–water partition coefficient (Wildman–Crippen LogP) is 22.4. The van der Waals surface area contributed by atoms with Gasteiger partial charge in [0.15, 0.2) is 6.10 Å². The van der Waals surface area contributed by atoms with Crippen molar-refractivity contribution in [3.63, 3.8) is 0 Å². The Balaban J connectivity index is 4.19. The van der Waals surface area contributed by atoms with Gasteiger partial charge in [-0.1, -0.05) is 301 Å². The summed E-state index contributed by atoms with van der Waals surface area (Å²) >= 11 is 0. The minimum absolute atomic E-state index is 0.0698. The molecule has 0 aliphatic rings. The third-order valence-electron chi connectivity index (χ3n) is 14.9. The second-order valence-electron chi connectivity index (χ2n) is 22.4. The highest BCUT2D eigenvalue weighted by atomic mass is 16.6. The molecule has 0 radical (unpaired) electrons. The van der Waals surface area contributed by atoms with Crippen LogP contribution in [-0.4, -0.2) is 37.2 Å². The largest absolute Gasteiger partial charge is 0.462 e. The van der Waals surface area contributed by atoms with Crippen molar-refractivity contribution in [1.82, 2.24) is 0 Å². The molecule has 0 N–H and O–H groups in total. The number of carbonyl (C=O) groups is 3. The van der Waals surface area contributed by atoms with E-state index in [4.69, 9.17) is 14.2 Å². The number of hydrogen-bond acceptors (Lipinski definition) is 6. The number of carbonyl (C=O) groups excluding carboxylic acids is 3. The molecule has 0 rings (SSSR count). The van der Waals surface area contributed by atoms with E-state index in [-0.39, 0.29) is 31.1 Å². The van der Waals surface area contributed by atoms with E-state index in [2.05, 4.69) is 57.2 Å². The Morgan fingerprint density at radius 1 is 0.270 bits per heavy atom. The molecule has 0 saturated carbocycles. The molecule has 6 nitrogen and oxygen atoms in total. The summed E-state index contributed by atoms with van der Waals surface area (Å²) in [5.74, 6) is -0.855. The standard InChI is InChI=1S/C68H126O6/c1-4-7-10-13-16-19-22-25-27-29-30-31-32-33-34-35-36-37-38-40-41-43-46-49-52-55-58-61-67(70)73-64-65(63-72-66(69)60-57-54-51-48-45-24-21-18-15-12-9-6-3)74-68(71)62-59-56-53-50-47-44-42-39-28-26-23-20-17-14-11-8-5-2/h18,21-22,25,29-30,65H,4-17,19-20,23-24,26-28,31-64H2,1-3H3/b21-18-,25-22-,30-29-. The molecule has 74 heavy (non-hydrogen) atoms. The van der Waals surface area contributed by atoms with Crippen LogP contribution >= 0.6 is 0 Å². The fourth-order valence-corrected chi connectivity index (χ4v) is 9.88. The Hall–Kier alpha value is -2.37. The number of allylic oxidation sites excluding steroid dienone is 6. The van der Waals surface area contributed by atoms with E-state index < -0.39 is 6.10 Å². The minimum atomic E-state index is -0.772. The summed E-state index contributed by atoms with van der Waals surface area (Å²) in [6.45, 7) is 6.66. The van der Waals surface area contributed by atoms with Gasteiger partial charge < -0.3 is 14.2 Å². The Morgan fingerprint density at radius 3 is 0.784 bits per heavy atom. The summed E-state index contributed by atoms with van der Waals surface area (Å²) in [7, 11) is 0. The molecule has 0 saturated heterocycles. The first-order valence-corrected chi connectivity index (χ1v) is 33.0. The van der Waals surface area contributed by atoms with Gasteiger partial charge in [-0.2, -0.15) is 0 Å². The van der Waals surface area contributed by atoms with E-state index in [0.717, 1.165) is 70.6 Å². The summed E-state index contributed by atoms with van der Waals surface area (Å²) in [6.07, 6.45) is 77.3. The van der Waals surface area contributed by atoms with Crippen LogP contribution in [0.25, 0.3) is 0 Å². The highest BCUT2D eigenvalue weighted by molar-refractivity contribution is 5.71. The molecule has 0 aliphatic carbocycles. The predicted molar refractivity (Wildman–Crippen MR) is 321 cm³/mol. The van der Waals surface area contributed by atoms with Gasteiger partial charge in [0.05, 0.1) is 0 Å². The first-order chi connectivity index (χ1) is 36.5. The van der Waals surface area contributed by atoms with E-state index in [9.17, 15) is 14.4 Å². The molecule has 0 bridgehead atoms. The van der Waals surface area contributed by atoms with E-state index in [0.29, 0.717) is 19.3 Å². The zero-order chi connectivity index (χ0) is 53.6. The summed E-state index contributed by atoms with van der Waals surface area (Å²) in [5, 5.41) is 0. The van der Waals surface area contributed by atoms with Gasteiger partial charge in [-0.3, -0.25) is 14.4 Å². The Morgan fingerprint density at radius 2 is 0.486 bits per heavy atom. The molecule has 0 aromatic rings. The van der Waals surface area contributed by atoms with E-state index in [1.54, 1.807) is 0 Å². The van der Waals surface area contributed by atoms with Gasteiger partial charge in [0.2, 0.25) is 0 Å². The number of rotatable bonds is 61. The van der Waals surface area contributed by atoms with Crippen LogP contribution in [0.3, 0.4) is 0 Å². The molecule has 434 valence electrons. The average Bonchev–Trinajstić information content (AvgIpc) is 3.40. The zero-order valence-electron chi connectivity index (χ0n) is 49.9. The summed E-state index contributed by atoms with van der Waals surface area (Å²) < 4.78 is 16.9. The topological polar surface area (TPSA) is 78.9 Å². The molecule has 1 atom stereocenters.